The molecule has 0 saturated heterocycles. The first-order chi connectivity index (χ1) is 9.54. The van der Waals surface area contributed by atoms with E-state index in [0.717, 1.165) is 22.8 Å². The van der Waals surface area contributed by atoms with E-state index in [1.54, 1.807) is 0 Å². The molecule has 0 fully saturated rings. The predicted octanol–water partition coefficient (Wildman–Crippen LogP) is 3.40. The van der Waals surface area contributed by atoms with Crippen molar-refractivity contribution in [1.29, 1.82) is 0 Å². The van der Waals surface area contributed by atoms with Crippen LogP contribution in [0.15, 0.2) is 40.8 Å². The Morgan fingerprint density at radius 3 is 2.75 bits per heavy atom. The van der Waals surface area contributed by atoms with E-state index in [-0.39, 0.29) is 11.9 Å². The first kappa shape index (κ1) is 14.3. The number of rotatable bonds is 5. The number of benzene rings is 1. The summed E-state index contributed by atoms with van der Waals surface area (Å²) >= 11 is 0. The maximum absolute atomic E-state index is 11.1. The fraction of sp³-hybridized carbons (Fsp3) is 0.312. The van der Waals surface area contributed by atoms with Crippen molar-refractivity contribution >= 4 is 11.6 Å². The van der Waals surface area contributed by atoms with Crippen LogP contribution < -0.4 is 10.6 Å². The average molecular weight is 272 g/mol. The summed E-state index contributed by atoms with van der Waals surface area (Å²) in [6.07, 6.45) is 0. The zero-order valence-corrected chi connectivity index (χ0v) is 12.1. The van der Waals surface area contributed by atoms with Crippen LogP contribution in [0, 0.1) is 6.92 Å². The number of hydrogen-bond acceptors (Lipinski definition) is 3. The van der Waals surface area contributed by atoms with E-state index < -0.39 is 0 Å². The van der Waals surface area contributed by atoms with Gasteiger partial charge in [0.2, 0.25) is 5.91 Å². The number of carbonyl (C=O) groups is 1. The topological polar surface area (TPSA) is 54.3 Å². The Bertz CT molecular complexity index is 590. The lowest BCUT2D eigenvalue weighted by atomic mass is 10.1. The smallest absolute Gasteiger partial charge is 0.221 e. The molecule has 0 spiro atoms. The highest BCUT2D eigenvalue weighted by molar-refractivity contribution is 5.88. The molecule has 0 aliphatic heterocycles. The molecule has 20 heavy (non-hydrogen) atoms. The number of carbonyl (C=O) groups excluding carboxylic acids is 1. The number of aryl methyl sites for hydroxylation is 1. The lowest BCUT2D eigenvalue weighted by Gasteiger charge is -2.14. The van der Waals surface area contributed by atoms with Crippen LogP contribution in [0.4, 0.5) is 5.69 Å². The lowest BCUT2D eigenvalue weighted by molar-refractivity contribution is -0.114. The van der Waals surface area contributed by atoms with Gasteiger partial charge in [-0.2, -0.15) is 0 Å². The number of furan rings is 1. The molecule has 4 heteroatoms. The highest BCUT2D eigenvalue weighted by atomic mass is 16.3. The first-order valence-electron chi connectivity index (χ1n) is 6.71. The van der Waals surface area contributed by atoms with Crippen molar-refractivity contribution in [1.82, 2.24) is 5.32 Å². The molecule has 1 unspecified atom stereocenters. The second kappa shape index (κ2) is 6.39. The van der Waals surface area contributed by atoms with E-state index >= 15 is 0 Å². The summed E-state index contributed by atoms with van der Waals surface area (Å²) < 4.78 is 5.53. The van der Waals surface area contributed by atoms with Crippen LogP contribution in [0.5, 0.6) is 0 Å². The van der Waals surface area contributed by atoms with E-state index in [1.165, 1.54) is 6.92 Å². The maximum Gasteiger partial charge on any atom is 0.221 e. The molecule has 0 bridgehead atoms. The minimum Gasteiger partial charge on any atom is -0.465 e. The molecule has 106 valence electrons. The molecular weight excluding hydrogens is 252 g/mol. The van der Waals surface area contributed by atoms with Gasteiger partial charge in [-0.05, 0) is 43.7 Å². The quantitative estimate of drug-likeness (QED) is 0.877. The number of nitrogens with one attached hydrogen (secondary N) is 2. The molecule has 1 aromatic heterocycles. The van der Waals surface area contributed by atoms with Crippen molar-refractivity contribution in [2.45, 2.75) is 33.4 Å². The standard InChI is InChI=1S/C16H20N2O2/c1-11-7-8-16(20-11)10-17-12(2)14-5-4-6-15(9-14)18-13(3)19/h4-9,12,17H,10H2,1-3H3,(H,18,19). The van der Waals surface area contributed by atoms with Gasteiger partial charge in [0.15, 0.2) is 0 Å². The third-order valence-electron chi connectivity index (χ3n) is 3.09. The number of hydrogen-bond donors (Lipinski definition) is 2. The van der Waals surface area contributed by atoms with Gasteiger partial charge >= 0.3 is 0 Å². The highest BCUT2D eigenvalue weighted by Gasteiger charge is 2.07. The van der Waals surface area contributed by atoms with E-state index in [2.05, 4.69) is 17.6 Å². The van der Waals surface area contributed by atoms with Gasteiger partial charge in [-0.25, -0.2) is 0 Å². The molecule has 2 N–H and O–H groups in total. The Morgan fingerprint density at radius 2 is 2.10 bits per heavy atom. The van der Waals surface area contributed by atoms with Crippen LogP contribution in [0.2, 0.25) is 0 Å². The summed E-state index contributed by atoms with van der Waals surface area (Å²) in [5.41, 5.74) is 1.94. The van der Waals surface area contributed by atoms with Crippen molar-refractivity contribution in [3.8, 4) is 0 Å². The molecule has 0 aliphatic carbocycles. The SMILES string of the molecule is CC(=O)Nc1cccc(C(C)NCc2ccc(C)o2)c1. The second-order valence-corrected chi connectivity index (χ2v) is 4.92. The van der Waals surface area contributed by atoms with E-state index in [0.29, 0.717) is 6.54 Å². The molecule has 1 heterocycles. The molecule has 2 aromatic rings. The van der Waals surface area contributed by atoms with Crippen LogP contribution in [-0.2, 0) is 11.3 Å². The lowest BCUT2D eigenvalue weighted by Crippen LogP contribution is -2.18. The van der Waals surface area contributed by atoms with Crippen molar-refractivity contribution < 1.29 is 9.21 Å². The molecular formula is C16H20N2O2. The Hall–Kier alpha value is -2.07. The Balaban J connectivity index is 1.97. The summed E-state index contributed by atoms with van der Waals surface area (Å²) in [6.45, 7) is 6.21. The second-order valence-electron chi connectivity index (χ2n) is 4.92. The molecule has 4 nitrogen and oxygen atoms in total. The van der Waals surface area contributed by atoms with Crippen LogP contribution in [0.3, 0.4) is 0 Å². The van der Waals surface area contributed by atoms with Gasteiger partial charge in [0.05, 0.1) is 6.54 Å². The summed E-state index contributed by atoms with van der Waals surface area (Å²) in [5, 5.41) is 6.19. The van der Waals surface area contributed by atoms with Gasteiger partial charge in [0.25, 0.3) is 0 Å². The monoisotopic (exact) mass is 272 g/mol. The van der Waals surface area contributed by atoms with E-state index in [9.17, 15) is 4.79 Å². The summed E-state index contributed by atoms with van der Waals surface area (Å²) in [5.74, 6) is 1.78. The molecule has 2 rings (SSSR count). The predicted molar refractivity (Wildman–Crippen MR) is 79.4 cm³/mol. The van der Waals surface area contributed by atoms with Crippen molar-refractivity contribution in [3.63, 3.8) is 0 Å². The summed E-state index contributed by atoms with van der Waals surface area (Å²) in [6, 6.07) is 11.9. The molecule has 1 amide bonds. The molecule has 0 aliphatic rings. The fourth-order valence-electron chi connectivity index (χ4n) is 2.04. The van der Waals surface area contributed by atoms with Crippen molar-refractivity contribution in [2.24, 2.45) is 0 Å². The Kier molecular flexibility index (Phi) is 4.58. The van der Waals surface area contributed by atoms with Gasteiger partial charge in [0, 0.05) is 18.7 Å². The fourth-order valence-corrected chi connectivity index (χ4v) is 2.04. The van der Waals surface area contributed by atoms with Crippen molar-refractivity contribution in [2.75, 3.05) is 5.32 Å². The van der Waals surface area contributed by atoms with Gasteiger partial charge < -0.3 is 15.1 Å². The van der Waals surface area contributed by atoms with Crippen molar-refractivity contribution in [3.05, 3.63) is 53.5 Å². The zero-order valence-electron chi connectivity index (χ0n) is 12.1. The summed E-state index contributed by atoms with van der Waals surface area (Å²) in [7, 11) is 0. The largest absolute Gasteiger partial charge is 0.465 e. The zero-order chi connectivity index (χ0) is 14.5. The number of anilines is 1. The van der Waals surface area contributed by atoms with E-state index in [4.69, 9.17) is 4.42 Å². The Morgan fingerprint density at radius 1 is 1.30 bits per heavy atom. The minimum atomic E-state index is -0.0613. The molecule has 0 saturated carbocycles. The Labute approximate surface area is 119 Å². The summed E-state index contributed by atoms with van der Waals surface area (Å²) in [4.78, 5) is 11.1. The van der Waals surface area contributed by atoms with Crippen LogP contribution in [0.25, 0.3) is 0 Å². The number of amides is 1. The van der Waals surface area contributed by atoms with Gasteiger partial charge in [-0.15, -0.1) is 0 Å². The highest BCUT2D eigenvalue weighted by Crippen LogP contribution is 2.18. The van der Waals surface area contributed by atoms with Crippen LogP contribution in [0.1, 0.15) is 37.0 Å². The van der Waals surface area contributed by atoms with E-state index in [1.807, 2.05) is 43.3 Å². The molecule has 1 aromatic carbocycles. The average Bonchev–Trinajstić information content (AvgIpc) is 2.81. The van der Waals surface area contributed by atoms with Crippen LogP contribution >= 0.6 is 0 Å². The minimum absolute atomic E-state index is 0.0613. The third kappa shape index (κ3) is 3.96. The van der Waals surface area contributed by atoms with Gasteiger partial charge in [-0.3, -0.25) is 4.79 Å². The first-order valence-corrected chi connectivity index (χ1v) is 6.71. The normalized spacial score (nSPS) is 12.2. The molecule has 1 atom stereocenters. The van der Waals surface area contributed by atoms with Gasteiger partial charge in [-0.1, -0.05) is 12.1 Å². The maximum atomic E-state index is 11.1. The molecule has 0 radical (unpaired) electrons. The van der Waals surface area contributed by atoms with Gasteiger partial charge in [0.1, 0.15) is 11.5 Å². The van der Waals surface area contributed by atoms with Crippen LogP contribution in [-0.4, -0.2) is 5.91 Å². The third-order valence-corrected chi connectivity index (χ3v) is 3.09.